The number of hydrogen-bond acceptors (Lipinski definition) is 7. The van der Waals surface area contributed by atoms with Gasteiger partial charge in [0, 0.05) is 41.1 Å². The Labute approximate surface area is 215 Å². The van der Waals surface area contributed by atoms with E-state index in [9.17, 15) is 0 Å². The van der Waals surface area contributed by atoms with Crippen LogP contribution in [0.4, 0.5) is 0 Å². The molecule has 1 fully saturated rings. The molecule has 0 spiro atoms. The van der Waals surface area contributed by atoms with Gasteiger partial charge >= 0.3 is 0 Å². The third kappa shape index (κ3) is 6.32. The normalized spacial score (nSPS) is 18.9. The van der Waals surface area contributed by atoms with Crippen LogP contribution < -0.4 is 4.74 Å². The Morgan fingerprint density at radius 3 is 2.50 bits per heavy atom. The van der Waals surface area contributed by atoms with E-state index < -0.39 is 10.9 Å². The van der Waals surface area contributed by atoms with E-state index in [-0.39, 0.29) is 6.10 Å². The van der Waals surface area contributed by atoms with Crippen LogP contribution in [-0.2, 0) is 21.8 Å². The van der Waals surface area contributed by atoms with Crippen molar-refractivity contribution in [2.75, 3.05) is 13.2 Å². The molecule has 4 aromatic rings. The van der Waals surface area contributed by atoms with E-state index in [1.165, 1.54) is 0 Å². The fourth-order valence-corrected chi connectivity index (χ4v) is 4.24. The molecule has 3 heterocycles. The van der Waals surface area contributed by atoms with Gasteiger partial charge in [-0.2, -0.15) is 0 Å². The van der Waals surface area contributed by atoms with Gasteiger partial charge in [0.2, 0.25) is 5.79 Å². The summed E-state index contributed by atoms with van der Waals surface area (Å²) in [6.07, 6.45) is 10.4. The number of ether oxygens (including phenoxy) is 3. The molecule has 0 bridgehead atoms. The van der Waals surface area contributed by atoms with Gasteiger partial charge < -0.3 is 28.6 Å². The SMILES string of the molecule is Clc1ccc(C2(Cn3ccnc3)OCC(COc3ccc(-n4ccnc4)cc3)O2)c(Cl)c1.O=[N+]([O-])O. The third-order valence-electron chi connectivity index (χ3n) is 5.23. The van der Waals surface area contributed by atoms with Crippen LogP contribution >= 0.6 is 23.2 Å². The van der Waals surface area contributed by atoms with Crippen molar-refractivity contribution in [3.63, 3.8) is 0 Å². The van der Waals surface area contributed by atoms with E-state index >= 15 is 0 Å². The second kappa shape index (κ2) is 11.4. The van der Waals surface area contributed by atoms with Gasteiger partial charge in [0.1, 0.15) is 18.5 Å². The van der Waals surface area contributed by atoms with Crippen LogP contribution in [0.5, 0.6) is 5.75 Å². The summed E-state index contributed by atoms with van der Waals surface area (Å²) in [4.78, 5) is 16.5. The van der Waals surface area contributed by atoms with Gasteiger partial charge in [0.05, 0.1) is 30.8 Å². The predicted octanol–water partition coefficient (Wildman–Crippen LogP) is 4.38. The molecule has 1 aliphatic rings. The Balaban J connectivity index is 0.000000709. The molecule has 2 atom stereocenters. The zero-order valence-electron chi connectivity index (χ0n) is 18.7. The fraction of sp³-hybridized carbons (Fsp3) is 0.217. The monoisotopic (exact) mass is 533 g/mol. The molecule has 1 N–H and O–H groups in total. The molecule has 1 aliphatic heterocycles. The Morgan fingerprint density at radius 1 is 1.14 bits per heavy atom. The van der Waals surface area contributed by atoms with E-state index in [4.69, 9.17) is 52.7 Å². The summed E-state index contributed by atoms with van der Waals surface area (Å²) in [6, 6.07) is 13.1. The lowest BCUT2D eigenvalue weighted by molar-refractivity contribution is -0.742. The zero-order chi connectivity index (χ0) is 25.5. The summed E-state index contributed by atoms with van der Waals surface area (Å²) in [5.74, 6) is -0.323. The van der Waals surface area contributed by atoms with Crippen molar-refractivity contribution in [1.29, 1.82) is 0 Å². The van der Waals surface area contributed by atoms with Crippen molar-refractivity contribution in [1.82, 2.24) is 19.1 Å². The van der Waals surface area contributed by atoms with Crippen LogP contribution in [-0.4, -0.2) is 48.7 Å². The molecule has 0 amide bonds. The van der Waals surface area contributed by atoms with Crippen molar-refractivity contribution in [3.8, 4) is 11.4 Å². The van der Waals surface area contributed by atoms with Crippen LogP contribution in [0.1, 0.15) is 5.56 Å². The van der Waals surface area contributed by atoms with E-state index in [2.05, 4.69) is 9.97 Å². The number of benzene rings is 2. The largest absolute Gasteiger partial charge is 0.491 e. The lowest BCUT2D eigenvalue weighted by Gasteiger charge is -2.30. The first-order valence-corrected chi connectivity index (χ1v) is 11.4. The molecule has 188 valence electrons. The number of aromatic nitrogens is 4. The molecule has 2 unspecified atom stereocenters. The molecule has 2 aromatic heterocycles. The van der Waals surface area contributed by atoms with Crippen LogP contribution in [0.25, 0.3) is 5.69 Å². The van der Waals surface area contributed by atoms with Gasteiger partial charge in [-0.25, -0.2) is 9.97 Å². The molecule has 0 radical (unpaired) electrons. The van der Waals surface area contributed by atoms with Crippen molar-refractivity contribution >= 4 is 23.2 Å². The Kier molecular flexibility index (Phi) is 8.06. The Hall–Kier alpha value is -3.64. The number of imidazole rings is 2. The zero-order valence-corrected chi connectivity index (χ0v) is 20.2. The Morgan fingerprint density at radius 2 is 1.86 bits per heavy atom. The number of halogens is 2. The maximum Gasteiger partial charge on any atom is 0.291 e. The van der Waals surface area contributed by atoms with E-state index in [0.717, 1.165) is 11.4 Å². The first kappa shape index (κ1) is 25.5. The highest BCUT2D eigenvalue weighted by molar-refractivity contribution is 6.35. The minimum atomic E-state index is -1.50. The van der Waals surface area contributed by atoms with Gasteiger partial charge in [-0.1, -0.05) is 29.3 Å². The minimum absolute atomic E-state index is 0.279. The molecule has 0 aliphatic carbocycles. The molecular weight excluding hydrogens is 513 g/mol. The maximum atomic E-state index is 8.36. The van der Waals surface area contributed by atoms with E-state index in [1.54, 1.807) is 37.2 Å². The molecule has 0 saturated carbocycles. The summed E-state index contributed by atoms with van der Waals surface area (Å²) in [5.41, 5.74) is 1.72. The van der Waals surface area contributed by atoms with Gasteiger partial charge in [-0.05, 0) is 36.4 Å². The first-order valence-electron chi connectivity index (χ1n) is 10.6. The molecule has 2 aromatic carbocycles. The number of rotatable bonds is 7. The fourth-order valence-electron chi connectivity index (χ4n) is 3.69. The highest BCUT2D eigenvalue weighted by Crippen LogP contribution is 2.40. The van der Waals surface area contributed by atoms with Crippen molar-refractivity contribution < 1.29 is 24.5 Å². The standard InChI is InChI=1S/C23H20Cl2N4O3.HNO3/c24-17-1-6-21(22(25)11-17)23(14-28-9-7-26-15-28)31-13-20(32-23)12-30-19-4-2-18(3-5-19)29-10-8-27-16-29;2-1(3)4/h1-11,15-16,20H,12-14H2;(H,2,3,4). The molecule has 36 heavy (non-hydrogen) atoms. The minimum Gasteiger partial charge on any atom is -0.491 e. The summed E-state index contributed by atoms with van der Waals surface area (Å²) in [6.45, 7) is 1.09. The lowest BCUT2D eigenvalue weighted by atomic mass is 10.1. The second-order valence-electron chi connectivity index (χ2n) is 7.68. The van der Waals surface area contributed by atoms with E-state index in [1.807, 2.05) is 51.9 Å². The maximum absolute atomic E-state index is 8.36. The van der Waals surface area contributed by atoms with Gasteiger partial charge in [-0.3, -0.25) is 0 Å². The number of hydrogen-bond donors (Lipinski definition) is 1. The first-order chi connectivity index (χ1) is 17.3. The summed E-state index contributed by atoms with van der Waals surface area (Å²) >= 11 is 12.6. The molecule has 13 heteroatoms. The number of nitrogens with zero attached hydrogens (tertiary/aromatic N) is 5. The van der Waals surface area contributed by atoms with Crippen LogP contribution in [0.2, 0.25) is 10.0 Å². The molecular formula is C23H21Cl2N5O6. The van der Waals surface area contributed by atoms with Crippen LogP contribution in [0, 0.1) is 10.1 Å². The highest BCUT2D eigenvalue weighted by Gasteiger charge is 2.45. The van der Waals surface area contributed by atoms with Crippen LogP contribution in [0.15, 0.2) is 79.9 Å². The average molecular weight is 534 g/mol. The molecule has 5 rings (SSSR count). The van der Waals surface area contributed by atoms with Crippen molar-refractivity contribution in [2.45, 2.75) is 18.4 Å². The van der Waals surface area contributed by atoms with Crippen LogP contribution in [0.3, 0.4) is 0 Å². The smallest absolute Gasteiger partial charge is 0.291 e. The van der Waals surface area contributed by atoms with Gasteiger partial charge in [-0.15, -0.1) is 10.1 Å². The van der Waals surface area contributed by atoms with Crippen molar-refractivity contribution in [3.05, 3.63) is 106 Å². The van der Waals surface area contributed by atoms with Gasteiger partial charge in [0.15, 0.2) is 0 Å². The van der Waals surface area contributed by atoms with Crippen molar-refractivity contribution in [2.24, 2.45) is 0 Å². The van der Waals surface area contributed by atoms with E-state index in [0.29, 0.717) is 35.4 Å². The van der Waals surface area contributed by atoms with Gasteiger partial charge in [0.25, 0.3) is 5.09 Å². The third-order valence-corrected chi connectivity index (χ3v) is 5.77. The summed E-state index contributed by atoms with van der Waals surface area (Å²) < 4.78 is 22.4. The quantitative estimate of drug-likeness (QED) is 0.274. The average Bonchev–Trinajstić information content (AvgIpc) is 3.61. The topological polar surface area (TPSA) is 127 Å². The summed E-state index contributed by atoms with van der Waals surface area (Å²) in [5, 5.41) is 14.7. The Bertz CT molecular complexity index is 1270. The predicted molar refractivity (Wildman–Crippen MR) is 129 cm³/mol. The second-order valence-corrected chi connectivity index (χ2v) is 8.52. The molecule has 1 saturated heterocycles. The summed E-state index contributed by atoms with van der Waals surface area (Å²) in [7, 11) is 0. The highest BCUT2D eigenvalue weighted by atomic mass is 35.5. The molecule has 11 nitrogen and oxygen atoms in total. The lowest BCUT2D eigenvalue weighted by Crippen LogP contribution is -2.34.